The molecular weight excluding hydrogens is 174 g/mol. The molecule has 13 heavy (non-hydrogen) atoms. The van der Waals surface area contributed by atoms with Crippen LogP contribution in [0.5, 0.6) is 0 Å². The van der Waals surface area contributed by atoms with E-state index in [1.165, 1.54) is 0 Å². The molecule has 5 nitrogen and oxygen atoms in total. The van der Waals surface area contributed by atoms with Gasteiger partial charge in [0.1, 0.15) is 0 Å². The van der Waals surface area contributed by atoms with Gasteiger partial charge in [-0.1, -0.05) is 0 Å². The first kappa shape index (κ1) is 11.4. The zero-order valence-corrected chi connectivity index (χ0v) is 7.55. The molecule has 5 heteroatoms. The average molecular weight is 185 g/mol. The molecule has 0 rings (SSSR count). The van der Waals surface area contributed by atoms with Crippen LogP contribution in [0.4, 0.5) is 0 Å². The second-order valence-electron chi connectivity index (χ2n) is 1.94. The molecule has 0 saturated heterocycles. The van der Waals surface area contributed by atoms with E-state index in [1.807, 2.05) is 0 Å². The van der Waals surface area contributed by atoms with Crippen molar-refractivity contribution in [2.45, 2.75) is 13.8 Å². The molecule has 0 aromatic rings. The quantitative estimate of drug-likeness (QED) is 0.224. The van der Waals surface area contributed by atoms with Gasteiger partial charge in [0.15, 0.2) is 0 Å². The van der Waals surface area contributed by atoms with Crippen molar-refractivity contribution in [2.75, 3.05) is 13.2 Å². The van der Waals surface area contributed by atoms with Crippen molar-refractivity contribution in [3.63, 3.8) is 0 Å². The Bertz CT molecular complexity index is 233. The van der Waals surface area contributed by atoms with Crippen LogP contribution in [-0.4, -0.2) is 31.0 Å². The summed E-state index contributed by atoms with van der Waals surface area (Å²) in [7, 11) is 0. The predicted octanol–water partition coefficient (Wildman–Crippen LogP) is 0.287. The first-order chi connectivity index (χ1) is 6.17. The molecule has 0 heterocycles. The first-order valence-electron chi connectivity index (χ1n) is 3.81. The molecule has 0 aliphatic rings. The Morgan fingerprint density at radius 2 is 1.54 bits per heavy atom. The Morgan fingerprint density at radius 1 is 1.15 bits per heavy atom. The highest BCUT2D eigenvalue weighted by molar-refractivity contribution is 6.20. The molecular formula is C8H11NO4. The predicted molar refractivity (Wildman–Crippen MR) is 44.5 cm³/mol. The standard InChI is InChI=1S/C8H11NO4/c1-3-12-7(10)6(5-9)8(11)13-4-2/h9H,3-4H2,1-2H3. The molecule has 0 bridgehead atoms. The van der Waals surface area contributed by atoms with Crippen molar-refractivity contribution in [2.24, 2.45) is 0 Å². The molecule has 0 atom stereocenters. The Balaban J connectivity index is 4.44. The number of nitrogens with one attached hydrogen (secondary N) is 1. The van der Waals surface area contributed by atoms with E-state index in [0.29, 0.717) is 0 Å². The molecule has 0 saturated carbocycles. The van der Waals surface area contributed by atoms with Crippen molar-refractivity contribution in [1.29, 1.82) is 5.41 Å². The Morgan fingerprint density at radius 3 is 1.77 bits per heavy atom. The topological polar surface area (TPSA) is 76.5 Å². The highest BCUT2D eigenvalue weighted by Gasteiger charge is 2.20. The number of ether oxygens (including phenoxy) is 2. The van der Waals surface area contributed by atoms with Gasteiger partial charge >= 0.3 is 11.9 Å². The molecule has 0 aliphatic heterocycles. The van der Waals surface area contributed by atoms with Gasteiger partial charge < -0.3 is 9.47 Å². The highest BCUT2D eigenvalue weighted by atomic mass is 16.6. The van der Waals surface area contributed by atoms with Gasteiger partial charge in [0, 0.05) is 5.87 Å². The fourth-order valence-corrected chi connectivity index (χ4v) is 0.592. The maximum atomic E-state index is 10.9. The molecule has 0 aromatic heterocycles. The third-order valence-electron chi connectivity index (χ3n) is 1.08. The number of hydrogen-bond donors (Lipinski definition) is 1. The van der Waals surface area contributed by atoms with Gasteiger partial charge in [0.2, 0.25) is 5.57 Å². The molecule has 0 radical (unpaired) electrons. The van der Waals surface area contributed by atoms with Crippen molar-refractivity contribution < 1.29 is 19.1 Å². The van der Waals surface area contributed by atoms with Crippen LogP contribution in [0.25, 0.3) is 0 Å². The van der Waals surface area contributed by atoms with Crippen molar-refractivity contribution in [3.8, 4) is 0 Å². The van der Waals surface area contributed by atoms with Crippen LogP contribution >= 0.6 is 0 Å². The number of hydrogen-bond acceptors (Lipinski definition) is 5. The van der Waals surface area contributed by atoms with Crippen LogP contribution in [0.2, 0.25) is 0 Å². The molecule has 0 aliphatic carbocycles. The largest absolute Gasteiger partial charge is 0.462 e. The summed E-state index contributed by atoms with van der Waals surface area (Å²) in [5.74, 6) is -0.0687. The third-order valence-corrected chi connectivity index (χ3v) is 1.08. The number of esters is 2. The lowest BCUT2D eigenvalue weighted by atomic mass is 10.3. The Hall–Kier alpha value is -1.61. The van der Waals surface area contributed by atoms with E-state index in [0.717, 1.165) is 0 Å². The third kappa shape index (κ3) is 3.53. The van der Waals surface area contributed by atoms with E-state index < -0.39 is 17.5 Å². The molecule has 1 N–H and O–H groups in total. The second kappa shape index (κ2) is 5.97. The van der Waals surface area contributed by atoms with Crippen LogP contribution in [0.1, 0.15) is 13.8 Å². The van der Waals surface area contributed by atoms with Crippen LogP contribution < -0.4 is 0 Å². The minimum Gasteiger partial charge on any atom is -0.462 e. The maximum absolute atomic E-state index is 10.9. The van der Waals surface area contributed by atoms with Crippen molar-refractivity contribution >= 4 is 17.8 Å². The summed E-state index contributed by atoms with van der Waals surface area (Å²) in [6.07, 6.45) is 0. The summed E-state index contributed by atoms with van der Waals surface area (Å²) in [5.41, 5.74) is -0.510. The number of carbonyl (C=O) groups is 2. The number of carbonyl (C=O) groups excluding carboxylic acids is 2. The normalized spacial score (nSPS) is 8.46. The van der Waals surface area contributed by atoms with E-state index >= 15 is 0 Å². The minimum absolute atomic E-state index is 0.142. The van der Waals surface area contributed by atoms with Gasteiger partial charge in [-0.05, 0) is 13.8 Å². The summed E-state index contributed by atoms with van der Waals surface area (Å²) in [5, 5.41) is 6.69. The van der Waals surface area contributed by atoms with Crippen molar-refractivity contribution in [3.05, 3.63) is 5.57 Å². The minimum atomic E-state index is -0.879. The SMILES string of the molecule is CCOC(=O)C(=C=N)C(=O)OCC. The second-order valence-corrected chi connectivity index (χ2v) is 1.94. The fraction of sp³-hybridized carbons (Fsp3) is 0.500. The van der Waals surface area contributed by atoms with Gasteiger partial charge in [-0.2, -0.15) is 0 Å². The lowest BCUT2D eigenvalue weighted by Gasteiger charge is -2.02. The Labute approximate surface area is 75.8 Å². The van der Waals surface area contributed by atoms with E-state index in [4.69, 9.17) is 5.41 Å². The average Bonchev–Trinajstić information content (AvgIpc) is 2.06. The summed E-state index contributed by atoms with van der Waals surface area (Å²) < 4.78 is 9.01. The molecule has 0 unspecified atom stereocenters. The Kier molecular flexibility index (Phi) is 5.23. The van der Waals surface area contributed by atoms with Crippen LogP contribution in [0, 0.1) is 5.41 Å². The number of rotatable bonds is 4. The summed E-state index contributed by atoms with van der Waals surface area (Å²) in [6.45, 7) is 3.49. The first-order valence-corrected chi connectivity index (χ1v) is 3.81. The molecule has 0 amide bonds. The van der Waals surface area contributed by atoms with E-state index in [-0.39, 0.29) is 13.2 Å². The van der Waals surface area contributed by atoms with Crippen LogP contribution in [-0.2, 0) is 19.1 Å². The van der Waals surface area contributed by atoms with Crippen LogP contribution in [0.3, 0.4) is 0 Å². The molecule has 0 spiro atoms. The van der Waals surface area contributed by atoms with E-state index in [2.05, 4.69) is 9.47 Å². The van der Waals surface area contributed by atoms with E-state index in [9.17, 15) is 9.59 Å². The lowest BCUT2D eigenvalue weighted by molar-refractivity contribution is -0.146. The zero-order valence-electron chi connectivity index (χ0n) is 7.55. The monoisotopic (exact) mass is 185 g/mol. The molecule has 72 valence electrons. The maximum Gasteiger partial charge on any atom is 0.355 e. The summed E-state index contributed by atoms with van der Waals surface area (Å²) >= 11 is 0. The smallest absolute Gasteiger partial charge is 0.355 e. The lowest BCUT2D eigenvalue weighted by Crippen LogP contribution is -2.18. The molecule has 0 aromatic carbocycles. The van der Waals surface area contributed by atoms with Gasteiger partial charge in [0.25, 0.3) is 0 Å². The van der Waals surface area contributed by atoms with Gasteiger partial charge in [0.05, 0.1) is 13.2 Å². The molecule has 0 fully saturated rings. The van der Waals surface area contributed by atoms with Gasteiger partial charge in [-0.15, -0.1) is 0 Å². The van der Waals surface area contributed by atoms with Crippen molar-refractivity contribution in [1.82, 2.24) is 0 Å². The van der Waals surface area contributed by atoms with Crippen LogP contribution in [0.15, 0.2) is 5.57 Å². The zero-order chi connectivity index (χ0) is 10.3. The van der Waals surface area contributed by atoms with E-state index in [1.54, 1.807) is 19.7 Å². The van der Waals surface area contributed by atoms with Gasteiger partial charge in [-0.25, -0.2) is 9.59 Å². The van der Waals surface area contributed by atoms with Gasteiger partial charge in [-0.3, -0.25) is 5.41 Å². The highest BCUT2D eigenvalue weighted by Crippen LogP contribution is 1.97. The summed E-state index contributed by atoms with van der Waals surface area (Å²) in [4.78, 5) is 21.9. The fourth-order valence-electron chi connectivity index (χ4n) is 0.592. The summed E-state index contributed by atoms with van der Waals surface area (Å²) in [6, 6.07) is 0.